The second-order valence-electron chi connectivity index (χ2n) is 4.88. The van der Waals surface area contributed by atoms with Gasteiger partial charge in [0.15, 0.2) is 0 Å². The molecule has 0 saturated heterocycles. The summed E-state index contributed by atoms with van der Waals surface area (Å²) in [6, 6.07) is 10.8. The summed E-state index contributed by atoms with van der Waals surface area (Å²) in [5, 5.41) is 12.8. The van der Waals surface area contributed by atoms with Crippen molar-refractivity contribution in [2.24, 2.45) is 0 Å². The third-order valence-electron chi connectivity index (χ3n) is 3.53. The summed E-state index contributed by atoms with van der Waals surface area (Å²) < 4.78 is 1.38. The number of aryl methyl sites for hydroxylation is 1. The molecule has 0 fully saturated rings. The third-order valence-corrected chi connectivity index (χ3v) is 5.51. The van der Waals surface area contributed by atoms with Crippen LogP contribution >= 0.6 is 33.9 Å². The number of thiophene rings is 1. The predicted molar refractivity (Wildman–Crippen MR) is 88.7 cm³/mol. The second-order valence-corrected chi connectivity index (χ2v) is 7.91. The van der Waals surface area contributed by atoms with Gasteiger partial charge in [-0.1, -0.05) is 12.1 Å². The van der Waals surface area contributed by atoms with Crippen LogP contribution in [0.15, 0.2) is 30.3 Å². The second kappa shape index (κ2) is 5.81. The van der Waals surface area contributed by atoms with E-state index < -0.39 is 0 Å². The van der Waals surface area contributed by atoms with Crippen molar-refractivity contribution in [1.82, 2.24) is 0 Å². The van der Waals surface area contributed by atoms with E-state index in [1.165, 1.54) is 32.6 Å². The van der Waals surface area contributed by atoms with Crippen LogP contribution in [0.3, 0.4) is 0 Å². The van der Waals surface area contributed by atoms with Crippen LogP contribution in [0.4, 0.5) is 5.69 Å². The molecule has 100 valence electrons. The zero-order valence-electron chi connectivity index (χ0n) is 10.5. The van der Waals surface area contributed by atoms with Crippen LogP contribution < -0.4 is 5.32 Å². The molecular weight excluding hydrogens is 369 g/mol. The molecule has 1 aromatic heterocycles. The number of aliphatic hydroxyl groups excluding tert-OH is 1. The number of hydrogen-bond acceptors (Lipinski definition) is 3. The summed E-state index contributed by atoms with van der Waals surface area (Å²) in [4.78, 5) is 1.53. The SMILES string of the molecule is OCc1cccc(NC2CCCc3sc(I)cc32)c1. The highest BCUT2D eigenvalue weighted by molar-refractivity contribution is 14.1. The van der Waals surface area contributed by atoms with Gasteiger partial charge in [0.25, 0.3) is 0 Å². The van der Waals surface area contributed by atoms with Crippen LogP contribution in [0, 0.1) is 2.88 Å². The molecular formula is C15H16INOS. The van der Waals surface area contributed by atoms with Gasteiger partial charge < -0.3 is 10.4 Å². The highest BCUT2D eigenvalue weighted by Gasteiger charge is 2.22. The highest BCUT2D eigenvalue weighted by Crippen LogP contribution is 2.38. The summed E-state index contributed by atoms with van der Waals surface area (Å²) in [7, 11) is 0. The predicted octanol–water partition coefficient (Wildman–Crippen LogP) is 4.33. The maximum absolute atomic E-state index is 9.20. The van der Waals surface area contributed by atoms with E-state index in [2.05, 4.69) is 40.0 Å². The lowest BCUT2D eigenvalue weighted by Gasteiger charge is -2.24. The van der Waals surface area contributed by atoms with Gasteiger partial charge in [0, 0.05) is 10.6 Å². The molecule has 19 heavy (non-hydrogen) atoms. The van der Waals surface area contributed by atoms with Crippen molar-refractivity contribution in [2.75, 3.05) is 5.32 Å². The molecule has 4 heteroatoms. The Labute approximate surface area is 131 Å². The Kier molecular flexibility index (Phi) is 4.10. The molecule has 2 N–H and O–H groups in total. The van der Waals surface area contributed by atoms with E-state index in [1.54, 1.807) is 0 Å². The molecule has 0 bridgehead atoms. The number of fused-ring (bicyclic) bond motifs is 1. The van der Waals surface area contributed by atoms with Gasteiger partial charge >= 0.3 is 0 Å². The number of aliphatic hydroxyl groups is 1. The van der Waals surface area contributed by atoms with Gasteiger partial charge in [0.05, 0.1) is 15.5 Å². The van der Waals surface area contributed by atoms with Crippen molar-refractivity contribution >= 4 is 39.6 Å². The van der Waals surface area contributed by atoms with E-state index >= 15 is 0 Å². The number of benzene rings is 1. The van der Waals surface area contributed by atoms with Crippen molar-refractivity contribution < 1.29 is 5.11 Å². The quantitative estimate of drug-likeness (QED) is 0.771. The first-order valence-corrected chi connectivity index (χ1v) is 8.40. The van der Waals surface area contributed by atoms with Crippen molar-refractivity contribution in [3.63, 3.8) is 0 Å². The molecule has 1 aliphatic rings. The number of nitrogens with one attached hydrogen (secondary N) is 1. The maximum atomic E-state index is 9.20. The van der Waals surface area contributed by atoms with Crippen molar-refractivity contribution in [3.05, 3.63) is 49.2 Å². The van der Waals surface area contributed by atoms with Gasteiger partial charge in [-0.2, -0.15) is 0 Å². The Morgan fingerprint density at radius 3 is 3.11 bits per heavy atom. The molecule has 1 aromatic carbocycles. The van der Waals surface area contributed by atoms with E-state index in [1.807, 2.05) is 29.5 Å². The van der Waals surface area contributed by atoms with Gasteiger partial charge in [0.2, 0.25) is 0 Å². The minimum Gasteiger partial charge on any atom is -0.392 e. The number of hydrogen-bond donors (Lipinski definition) is 2. The van der Waals surface area contributed by atoms with Crippen LogP contribution in [0.5, 0.6) is 0 Å². The van der Waals surface area contributed by atoms with Crippen LogP contribution in [-0.4, -0.2) is 5.11 Å². The Hall–Kier alpha value is -0.590. The van der Waals surface area contributed by atoms with Crippen molar-refractivity contribution in [3.8, 4) is 0 Å². The summed E-state index contributed by atoms with van der Waals surface area (Å²) in [6.45, 7) is 0.0990. The average molecular weight is 385 g/mol. The fraction of sp³-hybridized carbons (Fsp3) is 0.333. The van der Waals surface area contributed by atoms with E-state index in [9.17, 15) is 5.11 Å². The Morgan fingerprint density at radius 2 is 2.26 bits per heavy atom. The first kappa shape index (κ1) is 13.4. The van der Waals surface area contributed by atoms with Crippen LogP contribution in [-0.2, 0) is 13.0 Å². The minimum atomic E-state index is 0.0990. The van der Waals surface area contributed by atoms with Gasteiger partial charge in [-0.05, 0) is 71.2 Å². The summed E-state index contributed by atoms with van der Waals surface area (Å²) in [5.41, 5.74) is 3.53. The highest BCUT2D eigenvalue weighted by atomic mass is 127. The van der Waals surface area contributed by atoms with Gasteiger partial charge in [0.1, 0.15) is 0 Å². The molecule has 1 aliphatic carbocycles. The van der Waals surface area contributed by atoms with Crippen molar-refractivity contribution in [2.45, 2.75) is 31.9 Å². The summed E-state index contributed by atoms with van der Waals surface area (Å²) >= 11 is 4.33. The van der Waals surface area contributed by atoms with Gasteiger partial charge in [-0.15, -0.1) is 11.3 Å². The standard InChI is InChI=1S/C15H16INOS/c16-15-8-12-13(5-2-6-14(12)19-15)17-11-4-1-3-10(7-11)9-18/h1,3-4,7-8,13,17-18H,2,5-6,9H2. The zero-order valence-corrected chi connectivity index (χ0v) is 13.5. The van der Waals surface area contributed by atoms with E-state index in [4.69, 9.17) is 0 Å². The molecule has 0 saturated carbocycles. The van der Waals surface area contributed by atoms with Crippen LogP contribution in [0.25, 0.3) is 0 Å². The summed E-state index contributed by atoms with van der Waals surface area (Å²) in [6.07, 6.45) is 3.65. The molecule has 2 aromatic rings. The maximum Gasteiger partial charge on any atom is 0.0682 e. The topological polar surface area (TPSA) is 32.3 Å². The Morgan fingerprint density at radius 1 is 1.37 bits per heavy atom. The molecule has 0 radical (unpaired) electrons. The van der Waals surface area contributed by atoms with E-state index in [0.29, 0.717) is 6.04 Å². The average Bonchev–Trinajstić information content (AvgIpc) is 2.80. The molecule has 0 aliphatic heterocycles. The first-order chi connectivity index (χ1) is 9.26. The molecule has 1 unspecified atom stereocenters. The molecule has 0 spiro atoms. The lowest BCUT2D eigenvalue weighted by molar-refractivity contribution is 0.282. The molecule has 3 rings (SSSR count). The normalized spacial score (nSPS) is 18.1. The summed E-state index contributed by atoms with van der Waals surface area (Å²) in [5.74, 6) is 0. The molecule has 0 amide bonds. The first-order valence-electron chi connectivity index (χ1n) is 6.50. The van der Waals surface area contributed by atoms with Gasteiger partial charge in [-0.25, -0.2) is 0 Å². The fourth-order valence-corrected chi connectivity index (χ4v) is 4.75. The Bertz CT molecular complexity index is 581. The molecule has 1 atom stereocenters. The molecule has 2 nitrogen and oxygen atoms in total. The van der Waals surface area contributed by atoms with Crippen molar-refractivity contribution in [1.29, 1.82) is 0 Å². The monoisotopic (exact) mass is 385 g/mol. The third kappa shape index (κ3) is 2.95. The number of rotatable bonds is 3. The van der Waals surface area contributed by atoms with E-state index in [-0.39, 0.29) is 6.61 Å². The van der Waals surface area contributed by atoms with Crippen LogP contribution in [0.1, 0.15) is 34.9 Å². The van der Waals surface area contributed by atoms with Gasteiger partial charge in [-0.3, -0.25) is 0 Å². The smallest absolute Gasteiger partial charge is 0.0682 e. The minimum absolute atomic E-state index is 0.0990. The zero-order chi connectivity index (χ0) is 13.2. The van der Waals surface area contributed by atoms with E-state index in [0.717, 1.165) is 11.3 Å². The van der Waals surface area contributed by atoms with Crippen LogP contribution in [0.2, 0.25) is 0 Å². The molecule has 1 heterocycles. The fourth-order valence-electron chi connectivity index (χ4n) is 2.63. The lowest BCUT2D eigenvalue weighted by atomic mass is 9.94. The lowest BCUT2D eigenvalue weighted by Crippen LogP contribution is -2.15. The number of anilines is 1. The Balaban J connectivity index is 1.83. The number of halogens is 1. The largest absolute Gasteiger partial charge is 0.392 e.